The van der Waals surface area contributed by atoms with Gasteiger partial charge in [0.1, 0.15) is 23.2 Å². The lowest BCUT2D eigenvalue weighted by atomic mass is 9.98. The molecular weight excluding hydrogens is 486 g/mol. The van der Waals surface area contributed by atoms with Crippen LogP contribution in [0.4, 0.5) is 8.78 Å². The Bertz CT molecular complexity index is 1400. The largest absolute Gasteiger partial charge is 0.465 e. The van der Waals surface area contributed by atoms with Gasteiger partial charge in [0.05, 0.1) is 0 Å². The average Bonchev–Trinajstić information content (AvgIpc) is 3.71. The van der Waals surface area contributed by atoms with Crippen molar-refractivity contribution in [2.45, 2.75) is 50.2 Å². The number of carbonyl (C=O) groups is 1. The first-order valence-electron chi connectivity index (χ1n) is 12.6. The second-order valence-corrected chi connectivity index (χ2v) is 9.76. The first kappa shape index (κ1) is 25.7. The number of alkyl halides is 2. The van der Waals surface area contributed by atoms with Crippen LogP contribution < -0.4 is 4.74 Å². The fourth-order valence-electron chi connectivity index (χ4n) is 4.47. The number of aliphatic hydroxyl groups excluding tert-OH is 1. The van der Waals surface area contributed by atoms with Crippen molar-refractivity contribution in [2.75, 3.05) is 0 Å². The molecule has 1 aromatic heterocycles. The Balaban J connectivity index is 1.24. The van der Waals surface area contributed by atoms with E-state index in [0.29, 0.717) is 17.1 Å². The van der Waals surface area contributed by atoms with Gasteiger partial charge in [0.2, 0.25) is 5.88 Å². The molecule has 5 nitrogen and oxygen atoms in total. The highest BCUT2D eigenvalue weighted by atomic mass is 19.3. The van der Waals surface area contributed by atoms with Gasteiger partial charge in [0, 0.05) is 36.4 Å². The van der Waals surface area contributed by atoms with Gasteiger partial charge < -0.3 is 9.84 Å². The summed E-state index contributed by atoms with van der Waals surface area (Å²) in [5.41, 5.74) is 3.43. The number of carbonyl (C=O) groups excluding carboxylic acids is 1. The monoisotopic (exact) mass is 514 g/mol. The Morgan fingerprint density at radius 1 is 0.921 bits per heavy atom. The predicted molar refractivity (Wildman–Crippen MR) is 140 cm³/mol. The molecule has 1 saturated carbocycles. The van der Waals surface area contributed by atoms with Crippen LogP contribution in [-0.2, 0) is 29.2 Å². The van der Waals surface area contributed by atoms with E-state index in [1.807, 2.05) is 42.5 Å². The zero-order valence-electron chi connectivity index (χ0n) is 21.0. The van der Waals surface area contributed by atoms with E-state index in [4.69, 9.17) is 4.74 Å². The fraction of sp³-hybridized carbons (Fsp3) is 0.258. The van der Waals surface area contributed by atoms with Crippen molar-refractivity contribution < 1.29 is 23.4 Å². The lowest BCUT2D eigenvalue weighted by molar-refractivity contribution is -0.117. The molecule has 1 unspecified atom stereocenters. The summed E-state index contributed by atoms with van der Waals surface area (Å²) in [6.07, 6.45) is 3.63. The Kier molecular flexibility index (Phi) is 7.04. The van der Waals surface area contributed by atoms with Crippen LogP contribution in [0.5, 0.6) is 5.88 Å². The van der Waals surface area contributed by atoms with Crippen LogP contribution in [0.25, 0.3) is 11.3 Å². The second kappa shape index (κ2) is 10.4. The van der Waals surface area contributed by atoms with Crippen LogP contribution in [0.3, 0.4) is 0 Å². The van der Waals surface area contributed by atoms with Gasteiger partial charge in [-0.15, -0.1) is 0 Å². The van der Waals surface area contributed by atoms with Gasteiger partial charge in [-0.3, -0.25) is 4.79 Å². The van der Waals surface area contributed by atoms with Crippen molar-refractivity contribution in [3.05, 3.63) is 114 Å². The Hall–Kier alpha value is -3.97. The molecule has 1 N–H and O–H groups in total. The predicted octanol–water partition coefficient (Wildman–Crippen LogP) is 6.04. The van der Waals surface area contributed by atoms with Crippen LogP contribution in [0.15, 0.2) is 91.3 Å². The number of ketones is 1. The number of aliphatic hydroxyl groups is 1. The number of nitrogens with zero attached hydrogens (tertiary/aromatic N) is 2. The van der Waals surface area contributed by atoms with E-state index in [0.717, 1.165) is 36.5 Å². The van der Waals surface area contributed by atoms with Gasteiger partial charge in [-0.1, -0.05) is 78.9 Å². The third-order valence-corrected chi connectivity index (χ3v) is 6.85. The molecule has 1 fully saturated rings. The van der Waals surface area contributed by atoms with Gasteiger partial charge in [-0.25, -0.2) is 9.97 Å². The van der Waals surface area contributed by atoms with E-state index in [2.05, 4.69) is 22.1 Å². The fourth-order valence-corrected chi connectivity index (χ4v) is 4.47. The number of Topliss-reactive ketones (excluding diaryl/α,β-unsaturated/α-hetero) is 1. The van der Waals surface area contributed by atoms with E-state index < -0.39 is 12.0 Å². The minimum atomic E-state index is -3.33. The Morgan fingerprint density at radius 2 is 1.50 bits per heavy atom. The second-order valence-electron chi connectivity index (χ2n) is 9.76. The topological polar surface area (TPSA) is 72.3 Å². The van der Waals surface area contributed by atoms with E-state index >= 15 is 0 Å². The molecule has 0 spiro atoms. The molecule has 0 amide bonds. The average molecular weight is 515 g/mol. The number of hydrogen-bond donors (Lipinski definition) is 1. The lowest BCUT2D eigenvalue weighted by Gasteiger charge is -2.19. The molecule has 0 radical (unpaired) electrons. The molecule has 1 aliphatic rings. The summed E-state index contributed by atoms with van der Waals surface area (Å²) in [7, 11) is 0. The maximum atomic E-state index is 14.0. The number of hydrogen-bond acceptors (Lipinski definition) is 5. The summed E-state index contributed by atoms with van der Waals surface area (Å²) in [6.45, 7) is 1.05. The van der Waals surface area contributed by atoms with Crippen molar-refractivity contribution in [1.82, 2.24) is 9.97 Å². The van der Waals surface area contributed by atoms with Crippen LogP contribution >= 0.6 is 0 Å². The van der Waals surface area contributed by atoms with Crippen molar-refractivity contribution in [3.63, 3.8) is 0 Å². The molecule has 4 aromatic rings. The van der Waals surface area contributed by atoms with Gasteiger partial charge in [-0.05, 0) is 36.5 Å². The summed E-state index contributed by atoms with van der Waals surface area (Å²) in [6, 6.07) is 23.2. The van der Waals surface area contributed by atoms with Crippen LogP contribution in [0.2, 0.25) is 0 Å². The number of benzene rings is 3. The van der Waals surface area contributed by atoms with E-state index in [1.165, 1.54) is 24.3 Å². The first-order chi connectivity index (χ1) is 18.3. The lowest BCUT2D eigenvalue weighted by Crippen LogP contribution is -2.27. The number of ether oxygens (including phenoxy) is 1. The molecule has 0 saturated heterocycles. The molecule has 0 bridgehead atoms. The van der Waals surface area contributed by atoms with E-state index in [-0.39, 0.29) is 29.8 Å². The minimum Gasteiger partial charge on any atom is -0.465 e. The molecule has 7 heteroatoms. The van der Waals surface area contributed by atoms with Crippen molar-refractivity contribution >= 4 is 5.78 Å². The molecule has 3 aromatic carbocycles. The van der Waals surface area contributed by atoms with Crippen LogP contribution in [0, 0.1) is 0 Å². The molecule has 1 aliphatic carbocycles. The third-order valence-electron chi connectivity index (χ3n) is 6.85. The summed E-state index contributed by atoms with van der Waals surface area (Å²) in [4.78, 5) is 21.6. The first-order valence-corrected chi connectivity index (χ1v) is 12.6. The minimum absolute atomic E-state index is 0.0325. The SMILES string of the molecule is CC(O)C(F)(F)c1ccc(CC(=O)Cc2ccc(-c3nccnc3OC3(c4ccccc4)CC3)cc2)cc1. The Morgan fingerprint density at radius 3 is 2.08 bits per heavy atom. The quantitative estimate of drug-likeness (QED) is 0.279. The molecular formula is C31H28F2N2O3. The van der Waals surface area contributed by atoms with Crippen molar-refractivity contribution in [1.29, 1.82) is 0 Å². The van der Waals surface area contributed by atoms with Gasteiger partial charge in [-0.2, -0.15) is 8.78 Å². The standard InChI is InChI=1S/C31H28F2N2O3/c1-21(36)31(32,33)26-13-9-23(10-14-26)20-27(37)19-22-7-11-24(12-8-22)28-29(35-18-17-34-28)38-30(15-16-30)25-5-3-2-4-6-25/h2-14,17-18,21,36H,15-16,19-20H2,1H3. The number of rotatable bonds is 10. The molecule has 0 aliphatic heterocycles. The van der Waals surface area contributed by atoms with Gasteiger partial charge in [0.25, 0.3) is 5.92 Å². The maximum Gasteiger partial charge on any atom is 0.298 e. The molecule has 5 rings (SSSR count). The molecule has 38 heavy (non-hydrogen) atoms. The normalized spacial score (nSPS) is 15.1. The molecule has 1 atom stereocenters. The number of aromatic nitrogens is 2. The summed E-state index contributed by atoms with van der Waals surface area (Å²) < 4.78 is 34.3. The van der Waals surface area contributed by atoms with E-state index in [9.17, 15) is 18.7 Å². The van der Waals surface area contributed by atoms with Gasteiger partial charge >= 0.3 is 0 Å². The molecule has 194 valence electrons. The highest BCUT2D eigenvalue weighted by molar-refractivity contribution is 5.83. The Labute approximate surface area is 220 Å². The molecule has 1 heterocycles. The highest BCUT2D eigenvalue weighted by Gasteiger charge is 2.48. The zero-order valence-corrected chi connectivity index (χ0v) is 21.0. The maximum absolute atomic E-state index is 14.0. The summed E-state index contributed by atoms with van der Waals surface area (Å²) in [5.74, 6) is -2.89. The highest BCUT2D eigenvalue weighted by Crippen LogP contribution is 2.50. The smallest absolute Gasteiger partial charge is 0.298 e. The van der Waals surface area contributed by atoms with Crippen molar-refractivity contribution in [3.8, 4) is 17.1 Å². The van der Waals surface area contributed by atoms with Crippen LogP contribution in [-0.4, -0.2) is 27.0 Å². The zero-order chi connectivity index (χ0) is 26.8. The third kappa shape index (κ3) is 5.48. The van der Waals surface area contributed by atoms with Crippen molar-refractivity contribution in [2.24, 2.45) is 0 Å². The van der Waals surface area contributed by atoms with Crippen LogP contribution in [0.1, 0.15) is 42.0 Å². The van der Waals surface area contributed by atoms with E-state index in [1.54, 1.807) is 12.4 Å². The number of halogens is 2. The van der Waals surface area contributed by atoms with Gasteiger partial charge in [0.15, 0.2) is 0 Å². The summed E-state index contributed by atoms with van der Waals surface area (Å²) >= 11 is 0. The summed E-state index contributed by atoms with van der Waals surface area (Å²) in [5, 5.41) is 9.30.